The topological polar surface area (TPSA) is 12.0 Å². The third-order valence-electron chi connectivity index (χ3n) is 5.29. The summed E-state index contributed by atoms with van der Waals surface area (Å²) >= 11 is 1.80. The van der Waals surface area contributed by atoms with Gasteiger partial charge in [0.25, 0.3) is 0 Å². The quantitative estimate of drug-likeness (QED) is 0.550. The second-order valence-corrected chi connectivity index (χ2v) is 7.67. The van der Waals surface area contributed by atoms with Crippen molar-refractivity contribution in [3.05, 3.63) is 70.8 Å². The predicted octanol–water partition coefficient (Wildman–Crippen LogP) is 5.85. The lowest BCUT2D eigenvalue weighted by molar-refractivity contribution is 0.424. The van der Waals surface area contributed by atoms with Gasteiger partial charge in [0.05, 0.1) is 6.04 Å². The highest BCUT2D eigenvalue weighted by molar-refractivity contribution is 7.98. The molecule has 0 fully saturated rings. The Hall–Kier alpha value is -1.67. The highest BCUT2D eigenvalue weighted by atomic mass is 32.2. The summed E-state index contributed by atoms with van der Waals surface area (Å²) in [6.07, 6.45) is 8.09. The van der Waals surface area contributed by atoms with E-state index in [1.54, 1.807) is 11.8 Å². The summed E-state index contributed by atoms with van der Waals surface area (Å²) in [6, 6.07) is 14.1. The molecule has 3 unspecified atom stereocenters. The van der Waals surface area contributed by atoms with E-state index >= 15 is 0 Å². The minimum atomic E-state index is 0.402. The fourth-order valence-electron chi connectivity index (χ4n) is 4.28. The third-order valence-corrected chi connectivity index (χ3v) is 6.04. The average molecular weight is 321 g/mol. The van der Waals surface area contributed by atoms with Crippen molar-refractivity contribution >= 4 is 17.4 Å². The highest BCUT2D eigenvalue weighted by Crippen LogP contribution is 2.51. The van der Waals surface area contributed by atoms with Gasteiger partial charge in [0.15, 0.2) is 0 Å². The number of hydrogen-bond acceptors (Lipinski definition) is 2. The van der Waals surface area contributed by atoms with Crippen LogP contribution in [0.2, 0.25) is 0 Å². The van der Waals surface area contributed by atoms with Crippen molar-refractivity contribution in [2.45, 2.75) is 37.1 Å². The first-order valence-electron chi connectivity index (χ1n) is 8.35. The molecule has 1 aliphatic heterocycles. The first kappa shape index (κ1) is 14.9. The number of allylic oxidation sites excluding steroid dienone is 2. The molecule has 2 heteroatoms. The van der Waals surface area contributed by atoms with Crippen LogP contribution < -0.4 is 5.32 Å². The maximum absolute atomic E-state index is 3.86. The molecule has 4 rings (SSSR count). The van der Waals surface area contributed by atoms with E-state index in [0.29, 0.717) is 17.9 Å². The molecule has 0 spiro atoms. The fourth-order valence-corrected chi connectivity index (χ4v) is 4.69. The summed E-state index contributed by atoms with van der Waals surface area (Å²) in [6.45, 7) is 4.44. The molecule has 0 saturated heterocycles. The van der Waals surface area contributed by atoms with E-state index in [4.69, 9.17) is 0 Å². The van der Waals surface area contributed by atoms with Crippen LogP contribution in [-0.4, -0.2) is 6.26 Å². The third kappa shape index (κ3) is 2.49. The second kappa shape index (κ2) is 5.76. The van der Waals surface area contributed by atoms with Crippen LogP contribution in [0.25, 0.3) is 0 Å². The number of aryl methyl sites for hydroxylation is 2. The molecule has 0 saturated carbocycles. The Balaban J connectivity index is 1.77. The summed E-state index contributed by atoms with van der Waals surface area (Å²) in [7, 11) is 0. The Bertz CT molecular complexity index is 760. The van der Waals surface area contributed by atoms with Gasteiger partial charge in [-0.25, -0.2) is 0 Å². The number of thioether (sulfide) groups is 1. The maximum atomic E-state index is 3.86. The van der Waals surface area contributed by atoms with Gasteiger partial charge in [0.1, 0.15) is 0 Å². The van der Waals surface area contributed by atoms with Crippen LogP contribution in [0.4, 0.5) is 5.69 Å². The molecule has 2 aromatic rings. The van der Waals surface area contributed by atoms with Crippen LogP contribution in [-0.2, 0) is 0 Å². The van der Waals surface area contributed by atoms with E-state index in [-0.39, 0.29) is 0 Å². The van der Waals surface area contributed by atoms with Crippen molar-refractivity contribution in [3.8, 4) is 0 Å². The Kier molecular flexibility index (Phi) is 3.73. The Labute approximate surface area is 143 Å². The molecule has 2 aromatic carbocycles. The zero-order valence-corrected chi connectivity index (χ0v) is 14.8. The van der Waals surface area contributed by atoms with Gasteiger partial charge in [-0.05, 0) is 72.9 Å². The minimum Gasteiger partial charge on any atom is -0.378 e. The van der Waals surface area contributed by atoms with Crippen LogP contribution >= 0.6 is 11.8 Å². The van der Waals surface area contributed by atoms with Crippen LogP contribution in [0, 0.1) is 19.8 Å². The molecule has 118 valence electrons. The number of hydrogen-bond donors (Lipinski definition) is 1. The van der Waals surface area contributed by atoms with Gasteiger partial charge in [0.2, 0.25) is 0 Å². The number of nitrogens with one attached hydrogen (secondary N) is 1. The Morgan fingerprint density at radius 1 is 1.09 bits per heavy atom. The van der Waals surface area contributed by atoms with Gasteiger partial charge in [-0.15, -0.1) is 11.8 Å². The van der Waals surface area contributed by atoms with E-state index in [2.05, 4.69) is 74.0 Å². The lowest BCUT2D eigenvalue weighted by Gasteiger charge is -2.38. The molecule has 0 aromatic heterocycles. The van der Waals surface area contributed by atoms with E-state index in [1.807, 2.05) is 0 Å². The summed E-state index contributed by atoms with van der Waals surface area (Å²) in [5, 5.41) is 3.86. The molecule has 0 bridgehead atoms. The van der Waals surface area contributed by atoms with Crippen molar-refractivity contribution < 1.29 is 0 Å². The Morgan fingerprint density at radius 3 is 2.61 bits per heavy atom. The van der Waals surface area contributed by atoms with Crippen molar-refractivity contribution in [3.63, 3.8) is 0 Å². The lowest BCUT2D eigenvalue weighted by Crippen LogP contribution is -2.29. The number of anilines is 1. The van der Waals surface area contributed by atoms with E-state index in [0.717, 1.165) is 0 Å². The van der Waals surface area contributed by atoms with E-state index in [9.17, 15) is 0 Å². The number of benzene rings is 2. The lowest BCUT2D eigenvalue weighted by atomic mass is 9.75. The second-order valence-electron chi connectivity index (χ2n) is 6.79. The first-order chi connectivity index (χ1) is 11.2. The molecule has 23 heavy (non-hydrogen) atoms. The van der Waals surface area contributed by atoms with Crippen LogP contribution in [0.1, 0.15) is 40.6 Å². The van der Waals surface area contributed by atoms with Crippen LogP contribution in [0.15, 0.2) is 53.4 Å². The number of rotatable bonds is 2. The van der Waals surface area contributed by atoms with Crippen molar-refractivity contribution in [2.24, 2.45) is 5.92 Å². The van der Waals surface area contributed by atoms with Crippen molar-refractivity contribution in [1.82, 2.24) is 0 Å². The van der Waals surface area contributed by atoms with Gasteiger partial charge in [-0.3, -0.25) is 0 Å². The molecule has 0 radical (unpaired) electrons. The molecule has 2 aliphatic rings. The largest absolute Gasteiger partial charge is 0.378 e. The van der Waals surface area contributed by atoms with E-state index in [1.165, 1.54) is 39.3 Å². The molecular weight excluding hydrogens is 298 g/mol. The van der Waals surface area contributed by atoms with Crippen LogP contribution in [0.3, 0.4) is 0 Å². The monoisotopic (exact) mass is 321 g/mol. The summed E-state index contributed by atoms with van der Waals surface area (Å²) in [4.78, 5) is 1.33. The molecule has 1 N–H and O–H groups in total. The normalized spacial score (nSPS) is 24.9. The number of fused-ring (bicyclic) bond motifs is 3. The van der Waals surface area contributed by atoms with Gasteiger partial charge < -0.3 is 5.32 Å². The molecule has 1 nitrogen and oxygen atoms in total. The fraction of sp³-hybridized carbons (Fsp3) is 0.333. The highest BCUT2D eigenvalue weighted by Gasteiger charge is 2.38. The van der Waals surface area contributed by atoms with Crippen molar-refractivity contribution in [1.29, 1.82) is 0 Å². The summed E-state index contributed by atoms with van der Waals surface area (Å²) in [5.74, 6) is 1.18. The smallest absolute Gasteiger partial charge is 0.0553 e. The van der Waals surface area contributed by atoms with Gasteiger partial charge in [-0.1, -0.05) is 30.4 Å². The van der Waals surface area contributed by atoms with Gasteiger partial charge in [-0.2, -0.15) is 0 Å². The zero-order valence-electron chi connectivity index (χ0n) is 14.0. The van der Waals surface area contributed by atoms with Crippen molar-refractivity contribution in [2.75, 3.05) is 11.6 Å². The molecule has 1 heterocycles. The first-order valence-corrected chi connectivity index (χ1v) is 9.58. The standard InChI is InChI=1S/C21H23NS/c1-13-11-14(2)20-17-5-4-6-18(17)21(22-19(20)12-13)15-7-9-16(23-3)10-8-15/h4-5,7-12,17-18,21-22H,6H2,1-3H3. The molecule has 1 aliphatic carbocycles. The average Bonchev–Trinajstić information content (AvgIpc) is 3.03. The van der Waals surface area contributed by atoms with E-state index < -0.39 is 0 Å². The molecule has 3 atom stereocenters. The summed E-state index contributed by atoms with van der Waals surface area (Å²) < 4.78 is 0. The molecular formula is C21H23NS. The summed E-state index contributed by atoms with van der Waals surface area (Å²) in [5.41, 5.74) is 7.00. The Morgan fingerprint density at radius 2 is 1.87 bits per heavy atom. The maximum Gasteiger partial charge on any atom is 0.0553 e. The predicted molar refractivity (Wildman–Crippen MR) is 100 cm³/mol. The minimum absolute atomic E-state index is 0.402. The van der Waals surface area contributed by atoms with Gasteiger partial charge in [0, 0.05) is 16.5 Å². The SMILES string of the molecule is CSc1ccc(C2Nc3cc(C)cc(C)c3C3C=CCC32)cc1. The zero-order chi connectivity index (χ0) is 16.0. The molecule has 0 amide bonds. The van der Waals surface area contributed by atoms with Gasteiger partial charge >= 0.3 is 0 Å². The van der Waals surface area contributed by atoms with Crippen LogP contribution in [0.5, 0.6) is 0 Å².